The average Bonchev–Trinajstić information content (AvgIpc) is 3.01. The molecule has 0 saturated heterocycles. The maximum atomic E-state index is 9.31. The summed E-state index contributed by atoms with van der Waals surface area (Å²) in [6, 6.07) is 0. The monoisotopic (exact) mass is 322 g/mol. The Morgan fingerprint density at radius 2 is 1.87 bits per heavy atom. The van der Waals surface area contributed by atoms with Gasteiger partial charge < -0.3 is 10.2 Å². The van der Waals surface area contributed by atoms with Crippen LogP contribution in [0.4, 0.5) is 0 Å². The van der Waals surface area contributed by atoms with Gasteiger partial charge in [-0.2, -0.15) is 0 Å². The summed E-state index contributed by atoms with van der Waals surface area (Å²) in [5.74, 6) is 1.47. The smallest absolute Gasteiger partial charge is 0.0770 e. The number of unbranched alkanes of at least 4 members (excludes halogenated alkanes) is 7. The van der Waals surface area contributed by atoms with E-state index < -0.39 is 6.10 Å². The van der Waals surface area contributed by atoms with Crippen LogP contribution < -0.4 is 0 Å². The van der Waals surface area contributed by atoms with E-state index >= 15 is 0 Å². The second-order valence-corrected chi connectivity index (χ2v) is 7.11. The van der Waals surface area contributed by atoms with E-state index in [2.05, 4.69) is 31.2 Å². The fourth-order valence-electron chi connectivity index (χ4n) is 3.43. The molecule has 1 unspecified atom stereocenters. The topological polar surface area (TPSA) is 40.5 Å². The van der Waals surface area contributed by atoms with Gasteiger partial charge in [-0.3, -0.25) is 0 Å². The van der Waals surface area contributed by atoms with Gasteiger partial charge in [0, 0.05) is 0 Å². The Balaban J connectivity index is 2.06. The van der Waals surface area contributed by atoms with E-state index in [1.807, 2.05) is 0 Å². The highest BCUT2D eigenvalue weighted by Crippen LogP contribution is 2.31. The normalized spacial score (nSPS) is 22.2. The SMILES string of the molecule is CCCCCCC=C[C@H]1C=CC[C@@H]1CCCCCCC(O)CO. The minimum Gasteiger partial charge on any atom is -0.394 e. The molecule has 2 N–H and O–H groups in total. The first-order valence-corrected chi connectivity index (χ1v) is 9.90. The Morgan fingerprint density at radius 3 is 2.65 bits per heavy atom. The van der Waals surface area contributed by atoms with Crippen molar-refractivity contribution in [3.05, 3.63) is 24.3 Å². The molecule has 0 heterocycles. The molecule has 0 aromatic heterocycles. The minimum atomic E-state index is -0.513. The van der Waals surface area contributed by atoms with Gasteiger partial charge in [0.25, 0.3) is 0 Å². The molecule has 0 saturated carbocycles. The lowest BCUT2D eigenvalue weighted by atomic mass is 9.89. The van der Waals surface area contributed by atoms with Gasteiger partial charge >= 0.3 is 0 Å². The molecule has 0 fully saturated rings. The molecular weight excluding hydrogens is 284 g/mol. The summed E-state index contributed by atoms with van der Waals surface area (Å²) >= 11 is 0. The molecule has 0 amide bonds. The predicted molar refractivity (Wildman–Crippen MR) is 99.4 cm³/mol. The maximum absolute atomic E-state index is 9.31. The molecule has 0 aromatic carbocycles. The lowest BCUT2D eigenvalue weighted by Gasteiger charge is -2.16. The molecular formula is C21H38O2. The van der Waals surface area contributed by atoms with E-state index in [-0.39, 0.29) is 6.61 Å². The molecule has 0 radical (unpaired) electrons. The van der Waals surface area contributed by atoms with Crippen molar-refractivity contribution >= 4 is 0 Å². The number of hydrogen-bond donors (Lipinski definition) is 2. The van der Waals surface area contributed by atoms with Crippen molar-refractivity contribution in [2.75, 3.05) is 6.61 Å². The van der Waals surface area contributed by atoms with E-state index in [9.17, 15) is 5.11 Å². The van der Waals surface area contributed by atoms with Crippen LogP contribution >= 0.6 is 0 Å². The van der Waals surface area contributed by atoms with Crippen LogP contribution in [0.15, 0.2) is 24.3 Å². The number of hydrogen-bond acceptors (Lipinski definition) is 2. The summed E-state index contributed by atoms with van der Waals surface area (Å²) in [6.07, 6.45) is 23.8. The molecule has 0 bridgehead atoms. The van der Waals surface area contributed by atoms with Crippen LogP contribution in [0, 0.1) is 11.8 Å². The molecule has 134 valence electrons. The zero-order valence-corrected chi connectivity index (χ0v) is 15.1. The predicted octanol–water partition coefficient (Wildman–Crippen LogP) is 5.40. The third-order valence-electron chi connectivity index (χ3n) is 5.00. The summed E-state index contributed by atoms with van der Waals surface area (Å²) < 4.78 is 0. The van der Waals surface area contributed by atoms with Crippen molar-refractivity contribution in [2.24, 2.45) is 11.8 Å². The van der Waals surface area contributed by atoms with Gasteiger partial charge in [-0.15, -0.1) is 0 Å². The molecule has 2 nitrogen and oxygen atoms in total. The number of aliphatic hydroxyl groups excluding tert-OH is 2. The molecule has 23 heavy (non-hydrogen) atoms. The van der Waals surface area contributed by atoms with Gasteiger partial charge in [-0.25, -0.2) is 0 Å². The molecule has 0 aromatic rings. The van der Waals surface area contributed by atoms with Crippen molar-refractivity contribution in [1.82, 2.24) is 0 Å². The zero-order chi connectivity index (χ0) is 16.8. The third-order valence-corrected chi connectivity index (χ3v) is 5.00. The Bertz CT molecular complexity index is 322. The summed E-state index contributed by atoms with van der Waals surface area (Å²) in [5, 5.41) is 18.1. The van der Waals surface area contributed by atoms with Crippen LogP contribution in [0.3, 0.4) is 0 Å². The van der Waals surface area contributed by atoms with Crippen LogP contribution in [0.1, 0.15) is 84.0 Å². The molecule has 0 spiro atoms. The first kappa shape index (κ1) is 20.4. The highest BCUT2D eigenvalue weighted by atomic mass is 16.3. The van der Waals surface area contributed by atoms with E-state index in [0.717, 1.165) is 18.8 Å². The van der Waals surface area contributed by atoms with E-state index in [0.29, 0.717) is 5.92 Å². The highest BCUT2D eigenvalue weighted by molar-refractivity contribution is 5.09. The Kier molecular flexibility index (Phi) is 12.3. The standard InChI is InChI=1S/C21H38O2/c1-2-3-4-5-6-9-13-19-15-12-16-20(19)14-10-7-8-11-17-21(23)18-22/h9,12-13,15,19-23H,2-8,10-11,14,16-18H2,1H3/t19-,20-,21?/m0/s1. The van der Waals surface area contributed by atoms with Crippen molar-refractivity contribution < 1.29 is 10.2 Å². The first-order valence-electron chi connectivity index (χ1n) is 9.90. The summed E-state index contributed by atoms with van der Waals surface area (Å²) in [6.45, 7) is 2.17. The summed E-state index contributed by atoms with van der Waals surface area (Å²) in [5.41, 5.74) is 0. The Hall–Kier alpha value is -0.600. The lowest BCUT2D eigenvalue weighted by molar-refractivity contribution is 0.0859. The Morgan fingerprint density at radius 1 is 1.09 bits per heavy atom. The van der Waals surface area contributed by atoms with Gasteiger partial charge in [0.15, 0.2) is 0 Å². The fourth-order valence-corrected chi connectivity index (χ4v) is 3.43. The quantitative estimate of drug-likeness (QED) is 0.332. The number of aliphatic hydroxyl groups is 2. The van der Waals surface area contributed by atoms with Crippen LogP contribution in [0.5, 0.6) is 0 Å². The number of allylic oxidation sites excluding steroid dienone is 4. The summed E-state index contributed by atoms with van der Waals surface area (Å²) in [7, 11) is 0. The van der Waals surface area contributed by atoms with Crippen molar-refractivity contribution in [3.63, 3.8) is 0 Å². The van der Waals surface area contributed by atoms with E-state index in [1.54, 1.807) is 0 Å². The van der Waals surface area contributed by atoms with Crippen LogP contribution in [-0.4, -0.2) is 22.9 Å². The number of rotatable bonds is 14. The molecule has 0 aliphatic heterocycles. The molecule has 3 atom stereocenters. The van der Waals surface area contributed by atoms with Crippen molar-refractivity contribution in [2.45, 2.75) is 90.1 Å². The minimum absolute atomic E-state index is 0.0970. The second-order valence-electron chi connectivity index (χ2n) is 7.11. The molecule has 1 aliphatic rings. The maximum Gasteiger partial charge on any atom is 0.0770 e. The second kappa shape index (κ2) is 13.8. The van der Waals surface area contributed by atoms with Crippen LogP contribution in [0.25, 0.3) is 0 Å². The Labute approximate surface area is 143 Å². The van der Waals surface area contributed by atoms with Crippen molar-refractivity contribution in [3.8, 4) is 0 Å². The third kappa shape index (κ3) is 9.99. The van der Waals surface area contributed by atoms with Gasteiger partial charge in [0.1, 0.15) is 0 Å². The summed E-state index contributed by atoms with van der Waals surface area (Å²) in [4.78, 5) is 0. The molecule has 1 rings (SSSR count). The highest BCUT2D eigenvalue weighted by Gasteiger charge is 2.19. The van der Waals surface area contributed by atoms with Gasteiger partial charge in [0.2, 0.25) is 0 Å². The van der Waals surface area contributed by atoms with Gasteiger partial charge in [-0.1, -0.05) is 76.2 Å². The van der Waals surface area contributed by atoms with Crippen LogP contribution in [-0.2, 0) is 0 Å². The first-order chi connectivity index (χ1) is 11.3. The van der Waals surface area contributed by atoms with Gasteiger partial charge in [-0.05, 0) is 43.9 Å². The lowest BCUT2D eigenvalue weighted by Crippen LogP contribution is -2.11. The van der Waals surface area contributed by atoms with E-state index in [1.165, 1.54) is 64.2 Å². The fraction of sp³-hybridized carbons (Fsp3) is 0.810. The van der Waals surface area contributed by atoms with Crippen molar-refractivity contribution in [1.29, 1.82) is 0 Å². The molecule has 2 heteroatoms. The largest absolute Gasteiger partial charge is 0.394 e. The average molecular weight is 323 g/mol. The van der Waals surface area contributed by atoms with Gasteiger partial charge in [0.05, 0.1) is 12.7 Å². The zero-order valence-electron chi connectivity index (χ0n) is 15.1. The van der Waals surface area contributed by atoms with Crippen LogP contribution in [0.2, 0.25) is 0 Å². The molecule has 1 aliphatic carbocycles. The van der Waals surface area contributed by atoms with E-state index in [4.69, 9.17) is 5.11 Å².